The summed E-state index contributed by atoms with van der Waals surface area (Å²) in [6, 6.07) is 5.47. The molecular formula is C17H21NO4. The van der Waals surface area contributed by atoms with Gasteiger partial charge in [0.15, 0.2) is 0 Å². The molecule has 1 N–H and O–H groups in total. The first-order chi connectivity index (χ1) is 10.2. The van der Waals surface area contributed by atoms with Gasteiger partial charge in [-0.15, -0.1) is 0 Å². The van der Waals surface area contributed by atoms with Crippen molar-refractivity contribution in [3.63, 3.8) is 0 Å². The highest BCUT2D eigenvalue weighted by atomic mass is 16.6. The highest BCUT2D eigenvalue weighted by Crippen LogP contribution is 2.23. The van der Waals surface area contributed by atoms with Gasteiger partial charge in [0.2, 0.25) is 5.91 Å². The summed E-state index contributed by atoms with van der Waals surface area (Å²) < 4.78 is 5.15. The average molecular weight is 303 g/mol. The molecule has 0 spiro atoms. The molecule has 5 heteroatoms. The normalized spacial score (nSPS) is 13.7. The van der Waals surface area contributed by atoms with E-state index in [4.69, 9.17) is 4.74 Å². The molecule has 1 aromatic carbocycles. The Morgan fingerprint density at radius 1 is 1.14 bits per heavy atom. The number of ether oxygens (including phenoxy) is 1. The van der Waals surface area contributed by atoms with Gasteiger partial charge in [0.05, 0.1) is 6.42 Å². The van der Waals surface area contributed by atoms with Crippen molar-refractivity contribution in [1.29, 1.82) is 0 Å². The molecule has 0 fully saturated rings. The number of benzene rings is 1. The van der Waals surface area contributed by atoms with E-state index < -0.39 is 5.60 Å². The molecule has 1 amide bonds. The Morgan fingerprint density at radius 2 is 1.82 bits per heavy atom. The molecule has 0 aliphatic heterocycles. The lowest BCUT2D eigenvalue weighted by atomic mass is 10.1. The molecule has 5 nitrogen and oxygen atoms in total. The van der Waals surface area contributed by atoms with Crippen molar-refractivity contribution in [3.05, 3.63) is 29.3 Å². The van der Waals surface area contributed by atoms with Gasteiger partial charge in [-0.2, -0.15) is 0 Å². The summed E-state index contributed by atoms with van der Waals surface area (Å²) in [6.07, 6.45) is 1.02. The summed E-state index contributed by atoms with van der Waals surface area (Å²) in [4.78, 5) is 34.8. The smallest absolute Gasteiger partial charge is 0.306 e. The van der Waals surface area contributed by atoms with E-state index in [1.807, 2.05) is 12.1 Å². The molecule has 0 radical (unpaired) electrons. The van der Waals surface area contributed by atoms with Crippen LogP contribution in [0, 0.1) is 0 Å². The van der Waals surface area contributed by atoms with Crippen molar-refractivity contribution < 1.29 is 19.1 Å². The van der Waals surface area contributed by atoms with E-state index in [9.17, 15) is 14.4 Å². The zero-order chi connectivity index (χ0) is 16.3. The molecule has 0 unspecified atom stereocenters. The van der Waals surface area contributed by atoms with Gasteiger partial charge in [-0.25, -0.2) is 0 Å². The zero-order valence-electron chi connectivity index (χ0n) is 13.2. The maximum absolute atomic E-state index is 11.9. The van der Waals surface area contributed by atoms with Crippen LogP contribution in [0.4, 0.5) is 5.69 Å². The monoisotopic (exact) mass is 303 g/mol. The lowest BCUT2D eigenvalue weighted by Crippen LogP contribution is -2.24. The molecule has 22 heavy (non-hydrogen) atoms. The van der Waals surface area contributed by atoms with Gasteiger partial charge in [0.1, 0.15) is 11.4 Å². The largest absolute Gasteiger partial charge is 0.460 e. The molecule has 0 saturated heterocycles. The van der Waals surface area contributed by atoms with Gasteiger partial charge in [0.25, 0.3) is 0 Å². The Kier molecular flexibility index (Phi) is 4.64. The fraction of sp³-hybridized carbons (Fsp3) is 0.471. The third kappa shape index (κ3) is 4.69. The van der Waals surface area contributed by atoms with Crippen molar-refractivity contribution >= 4 is 23.3 Å². The topological polar surface area (TPSA) is 72.5 Å². The van der Waals surface area contributed by atoms with Crippen LogP contribution in [0.5, 0.6) is 0 Å². The van der Waals surface area contributed by atoms with Crippen molar-refractivity contribution in [1.82, 2.24) is 0 Å². The number of Topliss-reactive ketones (excluding diaryl/α,β-unsaturated/α-hetero) is 1. The van der Waals surface area contributed by atoms with Crippen LogP contribution in [0.1, 0.15) is 44.7 Å². The second-order valence-electron chi connectivity index (χ2n) is 6.51. The minimum Gasteiger partial charge on any atom is -0.460 e. The number of hydrogen-bond acceptors (Lipinski definition) is 4. The molecule has 0 bridgehead atoms. The number of fused-ring (bicyclic) bond motifs is 1. The number of rotatable bonds is 4. The van der Waals surface area contributed by atoms with Gasteiger partial charge in [-0.3, -0.25) is 14.4 Å². The molecule has 1 aromatic rings. The minimum atomic E-state index is -0.542. The van der Waals surface area contributed by atoms with Crippen LogP contribution >= 0.6 is 0 Å². The summed E-state index contributed by atoms with van der Waals surface area (Å²) in [5, 5.41) is 2.75. The highest BCUT2D eigenvalue weighted by Gasteiger charge is 2.19. The van der Waals surface area contributed by atoms with Gasteiger partial charge >= 0.3 is 5.97 Å². The third-order valence-corrected chi connectivity index (χ3v) is 3.24. The van der Waals surface area contributed by atoms with Gasteiger partial charge in [-0.05, 0) is 44.0 Å². The van der Waals surface area contributed by atoms with E-state index in [0.29, 0.717) is 18.5 Å². The Hall–Kier alpha value is -2.17. The summed E-state index contributed by atoms with van der Waals surface area (Å²) in [5.41, 5.74) is 2.11. The maximum atomic E-state index is 11.9. The van der Waals surface area contributed by atoms with Crippen molar-refractivity contribution in [2.75, 3.05) is 5.32 Å². The predicted octanol–water partition coefficient (Wildman–Crippen LogP) is 2.41. The number of carbonyl (C=O) groups is 3. The molecule has 1 aliphatic rings. The first kappa shape index (κ1) is 16.2. The highest BCUT2D eigenvalue weighted by molar-refractivity contribution is 5.94. The van der Waals surface area contributed by atoms with Gasteiger partial charge < -0.3 is 10.1 Å². The number of hydrogen-bond donors (Lipinski definition) is 1. The Balaban J connectivity index is 1.84. The molecule has 118 valence electrons. The average Bonchev–Trinajstić information content (AvgIpc) is 2.74. The molecule has 0 saturated carbocycles. The van der Waals surface area contributed by atoms with E-state index in [-0.39, 0.29) is 30.5 Å². The van der Waals surface area contributed by atoms with Crippen LogP contribution in [-0.4, -0.2) is 23.3 Å². The molecule has 0 atom stereocenters. The van der Waals surface area contributed by atoms with Crippen LogP contribution in [-0.2, 0) is 32.0 Å². The van der Waals surface area contributed by atoms with Crippen LogP contribution in [0.25, 0.3) is 0 Å². The van der Waals surface area contributed by atoms with E-state index in [2.05, 4.69) is 5.32 Å². The van der Waals surface area contributed by atoms with Crippen molar-refractivity contribution in [2.45, 2.75) is 52.1 Å². The van der Waals surface area contributed by atoms with E-state index >= 15 is 0 Å². The molecule has 0 aromatic heterocycles. The number of anilines is 1. The second kappa shape index (κ2) is 6.30. The Labute approximate surface area is 130 Å². The molecule has 2 rings (SSSR count). The lowest BCUT2D eigenvalue weighted by molar-refractivity contribution is -0.155. The minimum absolute atomic E-state index is 0.0481. The van der Waals surface area contributed by atoms with Crippen LogP contribution in [0.15, 0.2) is 18.2 Å². The molecule has 0 heterocycles. The van der Waals surface area contributed by atoms with Crippen LogP contribution < -0.4 is 5.32 Å². The number of esters is 1. The number of carbonyl (C=O) groups excluding carboxylic acids is 3. The Bertz CT molecular complexity index is 614. The third-order valence-electron chi connectivity index (χ3n) is 3.24. The van der Waals surface area contributed by atoms with Crippen LogP contribution in [0.3, 0.4) is 0 Å². The SMILES string of the molecule is CC(C)(C)OC(=O)CCC(=O)Nc1ccc2c(c1)CC(=O)C2. The second-order valence-corrected chi connectivity index (χ2v) is 6.51. The maximum Gasteiger partial charge on any atom is 0.306 e. The van der Waals surface area contributed by atoms with Crippen molar-refractivity contribution in [3.8, 4) is 0 Å². The standard InChI is InChI=1S/C17H21NO4/c1-17(2,3)22-16(21)7-6-15(20)18-13-5-4-11-9-14(19)10-12(11)8-13/h4-5,8H,6-7,9-10H2,1-3H3,(H,18,20). The number of amides is 1. The zero-order valence-corrected chi connectivity index (χ0v) is 13.2. The summed E-state index contributed by atoms with van der Waals surface area (Å²) in [5.74, 6) is -0.430. The van der Waals surface area contributed by atoms with E-state index in [1.165, 1.54) is 0 Å². The van der Waals surface area contributed by atoms with E-state index in [0.717, 1.165) is 11.1 Å². The van der Waals surface area contributed by atoms with E-state index in [1.54, 1.807) is 26.8 Å². The summed E-state index contributed by atoms with van der Waals surface area (Å²) >= 11 is 0. The molecule has 1 aliphatic carbocycles. The number of ketones is 1. The van der Waals surface area contributed by atoms with Gasteiger partial charge in [0, 0.05) is 24.9 Å². The number of nitrogens with one attached hydrogen (secondary N) is 1. The summed E-state index contributed by atoms with van der Waals surface area (Å²) in [7, 11) is 0. The van der Waals surface area contributed by atoms with Gasteiger partial charge in [-0.1, -0.05) is 6.07 Å². The molecular weight excluding hydrogens is 282 g/mol. The first-order valence-electron chi connectivity index (χ1n) is 7.38. The van der Waals surface area contributed by atoms with Crippen LogP contribution in [0.2, 0.25) is 0 Å². The fourth-order valence-electron chi connectivity index (χ4n) is 2.36. The lowest BCUT2D eigenvalue weighted by Gasteiger charge is -2.19. The quantitative estimate of drug-likeness (QED) is 0.867. The van der Waals surface area contributed by atoms with Crippen molar-refractivity contribution in [2.24, 2.45) is 0 Å². The Morgan fingerprint density at radius 3 is 2.50 bits per heavy atom. The fourth-order valence-corrected chi connectivity index (χ4v) is 2.36. The first-order valence-corrected chi connectivity index (χ1v) is 7.38. The summed E-state index contributed by atoms with van der Waals surface area (Å²) in [6.45, 7) is 5.37. The predicted molar refractivity (Wildman–Crippen MR) is 82.6 cm³/mol.